The molecule has 0 saturated carbocycles. The van der Waals surface area contributed by atoms with Crippen molar-refractivity contribution in [2.24, 2.45) is 10.7 Å². The molecule has 26 heavy (non-hydrogen) atoms. The molecular weight excluding hydrogens is 328 g/mol. The third-order valence-corrected chi connectivity index (χ3v) is 4.34. The van der Waals surface area contributed by atoms with Gasteiger partial charge in [0.25, 0.3) is 0 Å². The molecule has 2 aromatic rings. The van der Waals surface area contributed by atoms with Crippen molar-refractivity contribution in [3.63, 3.8) is 0 Å². The van der Waals surface area contributed by atoms with E-state index in [1.54, 1.807) is 7.11 Å². The summed E-state index contributed by atoms with van der Waals surface area (Å²) in [5, 5.41) is 3.06. The number of nitrogens with one attached hydrogen (secondary N) is 1. The van der Waals surface area contributed by atoms with Crippen LogP contribution in [0, 0.1) is 0 Å². The van der Waals surface area contributed by atoms with Crippen LogP contribution in [0.3, 0.4) is 0 Å². The molecule has 136 valence electrons. The molecule has 0 aromatic heterocycles. The maximum Gasteiger partial charge on any atom is 0.222 e. The predicted octanol–water partition coefficient (Wildman–Crippen LogP) is 2.74. The van der Waals surface area contributed by atoms with Crippen LogP contribution in [0.5, 0.6) is 5.75 Å². The van der Waals surface area contributed by atoms with Crippen LogP contribution in [0.15, 0.2) is 53.5 Å². The van der Waals surface area contributed by atoms with Crippen molar-refractivity contribution in [3.8, 4) is 5.75 Å². The summed E-state index contributed by atoms with van der Waals surface area (Å²) >= 11 is 0. The third kappa shape index (κ3) is 4.53. The lowest BCUT2D eigenvalue weighted by atomic mass is 10.1. The first-order chi connectivity index (χ1) is 12.7. The van der Waals surface area contributed by atoms with Crippen LogP contribution in [0.1, 0.15) is 24.0 Å². The minimum absolute atomic E-state index is 0.235. The van der Waals surface area contributed by atoms with Gasteiger partial charge in [-0.05, 0) is 29.7 Å². The van der Waals surface area contributed by atoms with Crippen molar-refractivity contribution in [1.82, 2.24) is 4.90 Å². The Labute approximate surface area is 153 Å². The first-order valence-electron chi connectivity index (χ1n) is 8.71. The van der Waals surface area contributed by atoms with Gasteiger partial charge in [0.2, 0.25) is 5.91 Å². The SMILES string of the molecule is COc1ccccc1NC(N)=NCc1cccc(CN2CCCC2=O)c1. The molecule has 3 N–H and O–H groups in total. The first-order valence-corrected chi connectivity index (χ1v) is 8.71. The van der Waals surface area contributed by atoms with Crippen molar-refractivity contribution in [1.29, 1.82) is 0 Å². The van der Waals surface area contributed by atoms with Crippen LogP contribution >= 0.6 is 0 Å². The summed E-state index contributed by atoms with van der Waals surface area (Å²) in [6.07, 6.45) is 1.61. The van der Waals surface area contributed by atoms with Gasteiger partial charge in [-0.15, -0.1) is 0 Å². The second-order valence-corrected chi connectivity index (χ2v) is 6.27. The molecule has 0 unspecified atom stereocenters. The van der Waals surface area contributed by atoms with Gasteiger partial charge >= 0.3 is 0 Å². The Morgan fingerprint density at radius 3 is 2.81 bits per heavy atom. The zero-order chi connectivity index (χ0) is 18.4. The Bertz CT molecular complexity index is 804. The number of nitrogens with two attached hydrogens (primary N) is 1. The minimum atomic E-state index is 0.235. The molecule has 1 aliphatic rings. The normalized spacial score (nSPS) is 14.6. The maximum absolute atomic E-state index is 11.8. The molecule has 6 nitrogen and oxygen atoms in total. The van der Waals surface area contributed by atoms with Crippen LogP contribution < -0.4 is 15.8 Å². The summed E-state index contributed by atoms with van der Waals surface area (Å²) in [5.41, 5.74) is 8.94. The topological polar surface area (TPSA) is 80.0 Å². The highest BCUT2D eigenvalue weighted by Gasteiger charge is 2.19. The van der Waals surface area contributed by atoms with Crippen LogP contribution in [-0.4, -0.2) is 30.4 Å². The predicted molar refractivity (Wildman–Crippen MR) is 103 cm³/mol. The fraction of sp³-hybridized carbons (Fsp3) is 0.300. The molecule has 0 radical (unpaired) electrons. The molecule has 1 aliphatic heterocycles. The highest BCUT2D eigenvalue weighted by molar-refractivity contribution is 5.93. The fourth-order valence-corrected chi connectivity index (χ4v) is 3.02. The Kier molecular flexibility index (Phi) is 5.73. The smallest absolute Gasteiger partial charge is 0.222 e. The number of benzene rings is 2. The van der Waals surface area contributed by atoms with Crippen molar-refractivity contribution in [2.75, 3.05) is 19.0 Å². The number of rotatable bonds is 6. The number of carbonyl (C=O) groups excluding carboxylic acids is 1. The summed E-state index contributed by atoms with van der Waals surface area (Å²) in [6.45, 7) is 1.97. The van der Waals surface area contributed by atoms with Gasteiger partial charge in [0.1, 0.15) is 5.75 Å². The molecule has 3 rings (SSSR count). The quantitative estimate of drug-likeness (QED) is 0.619. The third-order valence-electron chi connectivity index (χ3n) is 4.34. The first kappa shape index (κ1) is 17.8. The van der Waals surface area contributed by atoms with Crippen molar-refractivity contribution < 1.29 is 9.53 Å². The molecular formula is C20H24N4O2. The van der Waals surface area contributed by atoms with Crippen molar-refractivity contribution >= 4 is 17.6 Å². The van der Waals surface area contributed by atoms with Gasteiger partial charge in [0.05, 0.1) is 19.3 Å². The molecule has 1 fully saturated rings. The van der Waals surface area contributed by atoms with Crippen LogP contribution in [0.4, 0.5) is 5.69 Å². The zero-order valence-corrected chi connectivity index (χ0v) is 14.9. The lowest BCUT2D eigenvalue weighted by Gasteiger charge is -2.15. The van der Waals surface area contributed by atoms with Crippen LogP contribution in [-0.2, 0) is 17.9 Å². The second kappa shape index (κ2) is 8.38. The lowest BCUT2D eigenvalue weighted by Crippen LogP contribution is -2.24. The molecule has 2 aromatic carbocycles. The van der Waals surface area contributed by atoms with Gasteiger partial charge in [-0.3, -0.25) is 4.79 Å². The van der Waals surface area contributed by atoms with E-state index < -0.39 is 0 Å². The standard InChI is InChI=1S/C20H24N4O2/c1-26-18-9-3-2-8-17(18)23-20(21)22-13-15-6-4-7-16(12-15)14-24-11-5-10-19(24)25/h2-4,6-9,12H,5,10-11,13-14H2,1H3,(H3,21,22,23). The van der Waals surface area contributed by atoms with Crippen molar-refractivity contribution in [2.45, 2.75) is 25.9 Å². The Morgan fingerprint density at radius 2 is 2.04 bits per heavy atom. The number of ether oxygens (including phenoxy) is 1. The highest BCUT2D eigenvalue weighted by Crippen LogP contribution is 2.22. The van der Waals surface area contributed by atoms with Crippen molar-refractivity contribution in [3.05, 3.63) is 59.7 Å². The Morgan fingerprint density at radius 1 is 1.23 bits per heavy atom. The van der Waals surface area contributed by atoms with Crippen LogP contribution in [0.2, 0.25) is 0 Å². The van der Waals surface area contributed by atoms with Gasteiger partial charge < -0.3 is 20.7 Å². The fourth-order valence-electron chi connectivity index (χ4n) is 3.02. The molecule has 1 amide bonds. The Balaban J connectivity index is 1.62. The van der Waals surface area contributed by atoms with Gasteiger partial charge in [0, 0.05) is 19.5 Å². The number of para-hydroxylation sites is 2. The van der Waals surface area contributed by atoms with Gasteiger partial charge in [-0.2, -0.15) is 0 Å². The largest absolute Gasteiger partial charge is 0.495 e. The molecule has 0 aliphatic carbocycles. The molecule has 0 atom stereocenters. The number of hydrogen-bond acceptors (Lipinski definition) is 3. The molecule has 0 bridgehead atoms. The number of hydrogen-bond donors (Lipinski definition) is 2. The number of amides is 1. The average molecular weight is 352 g/mol. The van der Waals surface area contributed by atoms with E-state index in [2.05, 4.69) is 16.4 Å². The molecule has 1 saturated heterocycles. The molecule has 6 heteroatoms. The van der Waals surface area contributed by atoms with E-state index in [9.17, 15) is 4.79 Å². The van der Waals surface area contributed by atoms with Gasteiger partial charge in [0.15, 0.2) is 5.96 Å². The summed E-state index contributed by atoms with van der Waals surface area (Å²) in [6, 6.07) is 15.7. The summed E-state index contributed by atoms with van der Waals surface area (Å²) in [4.78, 5) is 18.1. The van der Waals surface area contributed by atoms with E-state index in [-0.39, 0.29) is 5.91 Å². The zero-order valence-electron chi connectivity index (χ0n) is 14.9. The number of likely N-dealkylation sites (tertiary alicyclic amines) is 1. The number of nitrogens with zero attached hydrogens (tertiary/aromatic N) is 2. The number of aliphatic imine (C=N–C) groups is 1. The van der Waals surface area contributed by atoms with E-state index >= 15 is 0 Å². The number of methoxy groups -OCH3 is 1. The van der Waals surface area contributed by atoms with Crippen LogP contribution in [0.25, 0.3) is 0 Å². The monoisotopic (exact) mass is 352 g/mol. The summed E-state index contributed by atoms with van der Waals surface area (Å²) in [5.74, 6) is 1.27. The number of anilines is 1. The maximum atomic E-state index is 11.8. The highest BCUT2D eigenvalue weighted by atomic mass is 16.5. The second-order valence-electron chi connectivity index (χ2n) is 6.27. The Hall–Kier alpha value is -3.02. The van der Waals surface area contributed by atoms with Gasteiger partial charge in [-0.1, -0.05) is 36.4 Å². The van der Waals surface area contributed by atoms with E-state index in [0.717, 1.165) is 29.8 Å². The molecule has 1 heterocycles. The number of guanidine groups is 1. The average Bonchev–Trinajstić information content (AvgIpc) is 3.05. The van der Waals surface area contributed by atoms with Gasteiger partial charge in [-0.25, -0.2) is 4.99 Å². The summed E-state index contributed by atoms with van der Waals surface area (Å²) in [7, 11) is 1.62. The van der Waals surface area contributed by atoms with E-state index in [1.807, 2.05) is 47.4 Å². The van der Waals surface area contributed by atoms with E-state index in [0.29, 0.717) is 31.2 Å². The van der Waals surface area contributed by atoms with E-state index in [1.165, 1.54) is 0 Å². The van der Waals surface area contributed by atoms with E-state index in [4.69, 9.17) is 10.5 Å². The minimum Gasteiger partial charge on any atom is -0.495 e. The lowest BCUT2D eigenvalue weighted by molar-refractivity contribution is -0.128. The molecule has 0 spiro atoms. The number of carbonyl (C=O) groups is 1. The summed E-state index contributed by atoms with van der Waals surface area (Å²) < 4.78 is 5.29.